The van der Waals surface area contributed by atoms with E-state index in [-0.39, 0.29) is 63.7 Å². The van der Waals surface area contributed by atoms with Crippen LogP contribution in [0, 0.1) is 35.8 Å². The van der Waals surface area contributed by atoms with Gasteiger partial charge in [-0.05, 0) is 75.6 Å². The molecular weight excluding hydrogens is 607 g/mol. The van der Waals surface area contributed by atoms with E-state index in [9.17, 15) is 19.0 Å². The van der Waals surface area contributed by atoms with Crippen molar-refractivity contribution < 1.29 is 28.1 Å². The molecule has 3 atom stereocenters. The van der Waals surface area contributed by atoms with E-state index >= 15 is 4.39 Å². The zero-order valence-corrected chi connectivity index (χ0v) is 26.2. The van der Waals surface area contributed by atoms with Gasteiger partial charge in [0.2, 0.25) is 0 Å². The Hall–Kier alpha value is -4.58. The summed E-state index contributed by atoms with van der Waals surface area (Å²) in [5, 5.41) is 22.4. The minimum atomic E-state index is -1.03. The second-order valence-corrected chi connectivity index (χ2v) is 13.1. The van der Waals surface area contributed by atoms with Gasteiger partial charge in [0.15, 0.2) is 5.82 Å². The van der Waals surface area contributed by atoms with Crippen molar-refractivity contribution in [2.45, 2.75) is 63.3 Å². The molecule has 3 fully saturated rings. The third kappa shape index (κ3) is 5.38. The summed E-state index contributed by atoms with van der Waals surface area (Å²) >= 11 is 0. The number of hydrogen-bond donors (Lipinski definition) is 2. The number of fused-ring (bicyclic) bond motifs is 3. The molecule has 0 saturated carbocycles. The number of halogens is 3. The van der Waals surface area contributed by atoms with Gasteiger partial charge in [0, 0.05) is 37.0 Å². The first-order valence-corrected chi connectivity index (χ1v) is 15.8. The van der Waals surface area contributed by atoms with Crippen molar-refractivity contribution in [2.75, 3.05) is 37.7 Å². The largest absolute Gasteiger partial charge is 0.508 e. The van der Waals surface area contributed by atoms with Crippen LogP contribution in [0.5, 0.6) is 11.8 Å². The maximum absolute atomic E-state index is 17.0. The van der Waals surface area contributed by atoms with E-state index in [0.717, 1.165) is 19.4 Å². The fourth-order valence-electron chi connectivity index (χ4n) is 7.62. The summed E-state index contributed by atoms with van der Waals surface area (Å²) < 4.78 is 52.7. The molecule has 2 N–H and O–H groups in total. The summed E-state index contributed by atoms with van der Waals surface area (Å²) in [6.07, 6.45) is 8.00. The molecule has 0 aliphatic carbocycles. The zero-order valence-electron chi connectivity index (χ0n) is 26.2. The Balaban J connectivity index is 1.47. The molecule has 3 aliphatic rings. The van der Waals surface area contributed by atoms with Crippen molar-refractivity contribution in [3.05, 3.63) is 47.2 Å². The molecule has 0 amide bonds. The first kappa shape index (κ1) is 31.0. The molecule has 0 bridgehead atoms. The van der Waals surface area contributed by atoms with Gasteiger partial charge in [-0.15, -0.1) is 6.42 Å². The molecule has 0 spiro atoms. The van der Waals surface area contributed by atoms with Gasteiger partial charge in [0.1, 0.15) is 47.1 Å². The standard InChI is InChI=1S/C36H34F3N5O3/c1-4-8-27-29-32(30(39)31(40-27)25-16-23(45)15-21-9-10-26(38)24(5-2)28(21)25)41-34(42-33(29)43-13-6-11-35(3,46)19-43)47-20-36-12-7-14-44(36)18-22(37)17-36/h2,9-10,15-16,22,45-46H,6-7,11-14,17-20H2,1,3H3/t22-,35-,36+/m1/s1. The van der Waals surface area contributed by atoms with Crippen molar-refractivity contribution in [3.63, 3.8) is 0 Å². The molecule has 3 aliphatic heterocycles. The number of piperidine rings is 1. The third-order valence-corrected chi connectivity index (χ3v) is 9.65. The van der Waals surface area contributed by atoms with Gasteiger partial charge in [-0.1, -0.05) is 17.9 Å². The van der Waals surface area contributed by atoms with Gasteiger partial charge >= 0.3 is 6.01 Å². The van der Waals surface area contributed by atoms with Crippen molar-refractivity contribution in [3.8, 4) is 47.2 Å². The maximum Gasteiger partial charge on any atom is 0.319 e. The number of β-amino-alcohol motifs (C(OH)–C–C–N with tert-alkyl or cyclic N) is 1. The van der Waals surface area contributed by atoms with Crippen LogP contribution in [0.2, 0.25) is 0 Å². The molecule has 2 aromatic heterocycles. The predicted molar refractivity (Wildman–Crippen MR) is 173 cm³/mol. The number of phenols is 1. The van der Waals surface area contributed by atoms with E-state index in [1.54, 1.807) is 13.8 Å². The van der Waals surface area contributed by atoms with Crippen LogP contribution in [-0.2, 0) is 0 Å². The van der Waals surface area contributed by atoms with Crippen LogP contribution < -0.4 is 9.64 Å². The molecule has 5 heterocycles. The van der Waals surface area contributed by atoms with Crippen molar-refractivity contribution in [2.24, 2.45) is 0 Å². The molecule has 7 rings (SSSR count). The predicted octanol–water partition coefficient (Wildman–Crippen LogP) is 5.49. The number of pyridine rings is 1. The highest BCUT2D eigenvalue weighted by atomic mass is 19.1. The highest BCUT2D eigenvalue weighted by Gasteiger charge is 2.49. The minimum Gasteiger partial charge on any atom is -0.508 e. The summed E-state index contributed by atoms with van der Waals surface area (Å²) in [7, 11) is 0. The first-order valence-electron chi connectivity index (χ1n) is 15.8. The number of terminal acetylenes is 1. The molecule has 0 radical (unpaired) electrons. The number of aliphatic hydroxyl groups is 1. The van der Waals surface area contributed by atoms with Gasteiger partial charge in [0.05, 0.1) is 22.1 Å². The van der Waals surface area contributed by atoms with E-state index in [4.69, 9.17) is 16.1 Å². The summed E-state index contributed by atoms with van der Waals surface area (Å²) in [6.45, 7) is 5.33. The molecule has 8 nitrogen and oxygen atoms in total. The van der Waals surface area contributed by atoms with Gasteiger partial charge < -0.3 is 19.8 Å². The van der Waals surface area contributed by atoms with Crippen LogP contribution in [0.4, 0.5) is 19.0 Å². The lowest BCUT2D eigenvalue weighted by atomic mass is 9.94. The summed E-state index contributed by atoms with van der Waals surface area (Å²) in [4.78, 5) is 17.9. The second kappa shape index (κ2) is 11.6. The Kier molecular flexibility index (Phi) is 7.65. The van der Waals surface area contributed by atoms with E-state index in [1.807, 2.05) is 4.90 Å². The van der Waals surface area contributed by atoms with Crippen molar-refractivity contribution in [1.82, 2.24) is 19.9 Å². The fourth-order valence-corrected chi connectivity index (χ4v) is 7.62. The number of alkyl halides is 1. The number of nitrogens with zero attached hydrogens (tertiary/aromatic N) is 5. The SMILES string of the molecule is C#Cc1c(F)ccc2cc(O)cc(-c3nc(C#CC)c4c(N5CCC[C@@](C)(O)C5)nc(OC[C@@]56CCCN5C[C@H](F)C6)nc4c3F)c12. The van der Waals surface area contributed by atoms with Crippen LogP contribution >= 0.6 is 0 Å². The van der Waals surface area contributed by atoms with Gasteiger partial charge in [0.25, 0.3) is 0 Å². The van der Waals surface area contributed by atoms with Crippen molar-refractivity contribution >= 4 is 27.5 Å². The monoisotopic (exact) mass is 641 g/mol. The lowest BCUT2D eigenvalue weighted by Gasteiger charge is -2.38. The average molecular weight is 642 g/mol. The average Bonchev–Trinajstić information content (AvgIpc) is 3.56. The molecule has 47 heavy (non-hydrogen) atoms. The first-order chi connectivity index (χ1) is 22.5. The van der Waals surface area contributed by atoms with Crippen molar-refractivity contribution in [1.29, 1.82) is 0 Å². The Morgan fingerprint density at radius 1 is 1.11 bits per heavy atom. The Morgan fingerprint density at radius 3 is 2.68 bits per heavy atom. The summed E-state index contributed by atoms with van der Waals surface area (Å²) in [5.41, 5.74) is -1.80. The molecule has 2 aromatic carbocycles. The smallest absolute Gasteiger partial charge is 0.319 e. The summed E-state index contributed by atoms with van der Waals surface area (Å²) in [6, 6.07) is 5.23. The number of aromatic hydroxyl groups is 1. The zero-order chi connectivity index (χ0) is 33.1. The quantitative estimate of drug-likeness (QED) is 0.277. The normalized spacial score (nSPS) is 24.3. The Labute approximate surface area is 270 Å². The van der Waals surface area contributed by atoms with Crippen LogP contribution in [-0.4, -0.2) is 80.2 Å². The lowest BCUT2D eigenvalue weighted by Crippen LogP contribution is -2.46. The van der Waals surface area contributed by atoms with E-state index < -0.39 is 28.9 Å². The van der Waals surface area contributed by atoms with Gasteiger partial charge in [-0.3, -0.25) is 4.90 Å². The van der Waals surface area contributed by atoms with Crippen LogP contribution in [0.3, 0.4) is 0 Å². The molecular formula is C36H34F3N5O3. The number of aromatic nitrogens is 3. The van der Waals surface area contributed by atoms with Gasteiger partial charge in [-0.2, -0.15) is 9.97 Å². The van der Waals surface area contributed by atoms with E-state index in [1.165, 1.54) is 24.3 Å². The van der Waals surface area contributed by atoms with E-state index in [2.05, 4.69) is 32.6 Å². The molecule has 3 saturated heterocycles. The highest BCUT2D eigenvalue weighted by Crippen LogP contribution is 2.42. The number of ether oxygens (including phenoxy) is 1. The second-order valence-electron chi connectivity index (χ2n) is 13.1. The van der Waals surface area contributed by atoms with Crippen LogP contribution in [0.1, 0.15) is 57.2 Å². The third-order valence-electron chi connectivity index (χ3n) is 9.65. The minimum absolute atomic E-state index is 0.0648. The molecule has 4 aromatic rings. The number of anilines is 1. The molecule has 242 valence electrons. The fraction of sp³-hybridized carbons (Fsp3) is 0.417. The number of benzene rings is 2. The van der Waals surface area contributed by atoms with Gasteiger partial charge in [-0.25, -0.2) is 18.2 Å². The topological polar surface area (TPSA) is 94.8 Å². The van der Waals surface area contributed by atoms with E-state index in [0.29, 0.717) is 43.6 Å². The number of hydrogen-bond acceptors (Lipinski definition) is 8. The number of rotatable bonds is 5. The number of phenolic OH excluding ortho intramolecular Hbond substituents is 1. The molecule has 11 heteroatoms. The molecule has 0 unspecified atom stereocenters. The Bertz CT molecular complexity index is 2030. The lowest BCUT2D eigenvalue weighted by molar-refractivity contribution is 0.0447. The Morgan fingerprint density at radius 2 is 1.91 bits per heavy atom. The summed E-state index contributed by atoms with van der Waals surface area (Å²) in [5.74, 6) is 6.70. The van der Waals surface area contributed by atoms with Crippen LogP contribution in [0.25, 0.3) is 32.9 Å². The van der Waals surface area contributed by atoms with Crippen LogP contribution in [0.15, 0.2) is 24.3 Å². The highest BCUT2D eigenvalue weighted by molar-refractivity contribution is 6.04. The maximum atomic E-state index is 17.0.